The maximum Gasteiger partial charge on any atom is 0.317 e. The molecular formula is C16H24N4O3. The van der Waals surface area contributed by atoms with Crippen LogP contribution in [0.4, 0.5) is 4.79 Å². The molecule has 126 valence electrons. The number of carboxylic acids is 1. The number of carbonyl (C=O) groups excluding carboxylic acids is 1. The van der Waals surface area contributed by atoms with Gasteiger partial charge in [-0.25, -0.2) is 4.79 Å². The van der Waals surface area contributed by atoms with Gasteiger partial charge in [-0.2, -0.15) is 5.10 Å². The van der Waals surface area contributed by atoms with Crippen molar-refractivity contribution in [3.8, 4) is 0 Å². The molecule has 0 spiro atoms. The summed E-state index contributed by atoms with van der Waals surface area (Å²) in [5, 5.41) is 16.6. The summed E-state index contributed by atoms with van der Waals surface area (Å²) in [7, 11) is 0. The van der Waals surface area contributed by atoms with Crippen LogP contribution in [0, 0.1) is 5.92 Å². The summed E-state index contributed by atoms with van der Waals surface area (Å²) in [5.41, 5.74) is 2.48. The van der Waals surface area contributed by atoms with Gasteiger partial charge in [-0.05, 0) is 38.7 Å². The molecule has 0 saturated carbocycles. The van der Waals surface area contributed by atoms with Crippen molar-refractivity contribution in [3.63, 3.8) is 0 Å². The van der Waals surface area contributed by atoms with Gasteiger partial charge in [0.05, 0.1) is 12.1 Å². The summed E-state index contributed by atoms with van der Waals surface area (Å²) < 4.78 is 2.03. The van der Waals surface area contributed by atoms with E-state index in [0.717, 1.165) is 19.3 Å². The molecule has 1 aromatic rings. The largest absolute Gasteiger partial charge is 0.481 e. The summed E-state index contributed by atoms with van der Waals surface area (Å²) in [6, 6.07) is 0.258. The van der Waals surface area contributed by atoms with Crippen LogP contribution in [0.3, 0.4) is 0 Å². The molecule has 1 saturated heterocycles. The van der Waals surface area contributed by atoms with Crippen molar-refractivity contribution < 1.29 is 14.7 Å². The van der Waals surface area contributed by atoms with Crippen LogP contribution in [0.25, 0.3) is 0 Å². The fraction of sp³-hybridized carbons (Fsp3) is 0.688. The monoisotopic (exact) mass is 320 g/mol. The number of aryl methyl sites for hydroxylation is 1. The molecule has 2 heterocycles. The van der Waals surface area contributed by atoms with Crippen molar-refractivity contribution in [1.29, 1.82) is 0 Å². The van der Waals surface area contributed by atoms with Crippen molar-refractivity contribution in [3.05, 3.63) is 17.5 Å². The number of nitrogens with one attached hydrogen (secondary N) is 1. The maximum absolute atomic E-state index is 12.4. The third-order valence-electron chi connectivity index (χ3n) is 4.83. The van der Waals surface area contributed by atoms with Gasteiger partial charge in [0.2, 0.25) is 0 Å². The molecule has 0 bridgehead atoms. The van der Waals surface area contributed by atoms with Gasteiger partial charge < -0.3 is 15.3 Å². The highest BCUT2D eigenvalue weighted by Gasteiger charge is 2.32. The second-order valence-corrected chi connectivity index (χ2v) is 6.81. The highest BCUT2D eigenvalue weighted by Crippen LogP contribution is 2.24. The number of aromatic nitrogens is 2. The third kappa shape index (κ3) is 3.18. The molecule has 1 aliphatic carbocycles. The van der Waals surface area contributed by atoms with Crippen LogP contribution >= 0.6 is 0 Å². The summed E-state index contributed by atoms with van der Waals surface area (Å²) in [4.78, 5) is 25.0. The van der Waals surface area contributed by atoms with Crippen LogP contribution in [0.15, 0.2) is 6.20 Å². The second-order valence-electron chi connectivity index (χ2n) is 6.81. The summed E-state index contributed by atoms with van der Waals surface area (Å²) in [5.74, 6) is -1.25. The van der Waals surface area contributed by atoms with E-state index in [0.29, 0.717) is 25.6 Å². The predicted octanol–water partition coefficient (Wildman–Crippen LogP) is 1.44. The molecule has 0 aromatic carbocycles. The van der Waals surface area contributed by atoms with E-state index in [9.17, 15) is 9.59 Å². The lowest BCUT2D eigenvalue weighted by Crippen LogP contribution is -2.46. The smallest absolute Gasteiger partial charge is 0.317 e. The fourth-order valence-electron chi connectivity index (χ4n) is 3.50. The van der Waals surface area contributed by atoms with Gasteiger partial charge in [0.15, 0.2) is 0 Å². The van der Waals surface area contributed by atoms with Gasteiger partial charge >= 0.3 is 12.0 Å². The average Bonchev–Trinajstić information content (AvgIpc) is 3.13. The first kappa shape index (κ1) is 15.8. The molecule has 2 atom stereocenters. The van der Waals surface area contributed by atoms with Gasteiger partial charge in [-0.3, -0.25) is 9.48 Å². The number of fused-ring (bicyclic) bond motifs is 1. The van der Waals surface area contributed by atoms with Crippen LogP contribution in [-0.2, 0) is 17.6 Å². The number of carboxylic acid groups (broad SMARTS) is 1. The number of likely N-dealkylation sites (tertiary alicyclic amines) is 1. The van der Waals surface area contributed by atoms with Crippen molar-refractivity contribution >= 4 is 12.0 Å². The van der Waals surface area contributed by atoms with E-state index in [1.165, 1.54) is 11.3 Å². The Morgan fingerprint density at radius 2 is 2.17 bits per heavy atom. The molecule has 23 heavy (non-hydrogen) atoms. The van der Waals surface area contributed by atoms with Gasteiger partial charge in [0.1, 0.15) is 0 Å². The van der Waals surface area contributed by atoms with Crippen molar-refractivity contribution in [2.24, 2.45) is 5.92 Å². The van der Waals surface area contributed by atoms with Gasteiger partial charge in [0.25, 0.3) is 0 Å². The zero-order valence-corrected chi connectivity index (χ0v) is 13.7. The van der Waals surface area contributed by atoms with E-state index in [2.05, 4.69) is 24.3 Å². The first-order chi connectivity index (χ1) is 11.0. The molecule has 7 heteroatoms. The van der Waals surface area contributed by atoms with Crippen molar-refractivity contribution in [1.82, 2.24) is 20.0 Å². The number of nitrogens with zero attached hydrogens (tertiary/aromatic N) is 3. The number of carbonyl (C=O) groups is 2. The quantitative estimate of drug-likeness (QED) is 0.882. The number of aliphatic carboxylic acids is 1. The van der Waals surface area contributed by atoms with Crippen LogP contribution in [-0.4, -0.2) is 50.9 Å². The SMILES string of the molecule is CC(C)n1ncc2c1CC(NC(=O)N1CCC(C(=O)O)C1)CC2. The lowest BCUT2D eigenvalue weighted by molar-refractivity contribution is -0.141. The average molecular weight is 320 g/mol. The summed E-state index contributed by atoms with van der Waals surface area (Å²) in [6.07, 6.45) is 5.09. The first-order valence-corrected chi connectivity index (χ1v) is 8.29. The molecule has 0 radical (unpaired) electrons. The molecule has 1 aliphatic heterocycles. The Balaban J connectivity index is 1.60. The van der Waals surface area contributed by atoms with E-state index >= 15 is 0 Å². The Labute approximate surface area is 135 Å². The Morgan fingerprint density at radius 3 is 2.83 bits per heavy atom. The van der Waals surface area contributed by atoms with Gasteiger partial charge in [0, 0.05) is 37.3 Å². The van der Waals surface area contributed by atoms with Crippen LogP contribution in [0.2, 0.25) is 0 Å². The topological polar surface area (TPSA) is 87.5 Å². The van der Waals surface area contributed by atoms with E-state index in [-0.39, 0.29) is 12.1 Å². The summed E-state index contributed by atoms with van der Waals surface area (Å²) >= 11 is 0. The minimum Gasteiger partial charge on any atom is -0.481 e. The third-order valence-corrected chi connectivity index (χ3v) is 4.83. The number of hydrogen-bond acceptors (Lipinski definition) is 3. The molecule has 3 rings (SSSR count). The normalized spacial score (nSPS) is 23.9. The zero-order chi connectivity index (χ0) is 16.6. The van der Waals surface area contributed by atoms with Crippen LogP contribution in [0.1, 0.15) is 44.0 Å². The van der Waals surface area contributed by atoms with E-state index in [1.807, 2.05) is 10.9 Å². The maximum atomic E-state index is 12.4. The zero-order valence-electron chi connectivity index (χ0n) is 13.7. The molecule has 2 N–H and O–H groups in total. The van der Waals surface area contributed by atoms with Crippen LogP contribution in [0.5, 0.6) is 0 Å². The molecule has 2 unspecified atom stereocenters. The molecule has 2 aliphatic rings. The van der Waals surface area contributed by atoms with E-state index < -0.39 is 11.9 Å². The molecular weight excluding hydrogens is 296 g/mol. The number of rotatable bonds is 3. The second kappa shape index (κ2) is 6.22. The number of amides is 2. The van der Waals surface area contributed by atoms with Crippen LogP contribution < -0.4 is 5.32 Å². The Bertz CT molecular complexity index is 610. The molecule has 2 amide bonds. The number of hydrogen-bond donors (Lipinski definition) is 2. The van der Waals surface area contributed by atoms with E-state index in [4.69, 9.17) is 5.11 Å². The number of urea groups is 1. The fourth-order valence-corrected chi connectivity index (χ4v) is 3.50. The standard InChI is InChI=1S/C16H24N4O3/c1-10(2)20-14-7-13(4-3-11(14)8-17-20)18-16(23)19-6-5-12(9-19)15(21)22/h8,10,12-13H,3-7,9H2,1-2H3,(H,18,23)(H,21,22). The van der Waals surface area contributed by atoms with Crippen molar-refractivity contribution in [2.45, 2.75) is 51.6 Å². The van der Waals surface area contributed by atoms with Gasteiger partial charge in [-0.15, -0.1) is 0 Å². The lowest BCUT2D eigenvalue weighted by Gasteiger charge is -2.27. The Morgan fingerprint density at radius 1 is 1.39 bits per heavy atom. The Kier molecular flexibility index (Phi) is 4.28. The first-order valence-electron chi connectivity index (χ1n) is 8.29. The highest BCUT2D eigenvalue weighted by molar-refractivity contribution is 5.77. The van der Waals surface area contributed by atoms with E-state index in [1.54, 1.807) is 4.90 Å². The minimum atomic E-state index is -0.816. The molecule has 1 fully saturated rings. The van der Waals surface area contributed by atoms with Crippen molar-refractivity contribution in [2.75, 3.05) is 13.1 Å². The minimum absolute atomic E-state index is 0.0908. The van der Waals surface area contributed by atoms with Gasteiger partial charge in [-0.1, -0.05) is 0 Å². The molecule has 1 aromatic heterocycles. The summed E-state index contributed by atoms with van der Waals surface area (Å²) in [6.45, 7) is 5.03. The Hall–Kier alpha value is -2.05. The predicted molar refractivity (Wildman–Crippen MR) is 84.3 cm³/mol. The highest BCUT2D eigenvalue weighted by atomic mass is 16.4. The molecule has 7 nitrogen and oxygen atoms in total. The lowest BCUT2D eigenvalue weighted by atomic mass is 9.93.